The van der Waals surface area contributed by atoms with E-state index in [0.717, 1.165) is 39.1 Å². The number of hydrazone groups is 1. The Balaban J connectivity index is 1.44. The van der Waals surface area contributed by atoms with Gasteiger partial charge in [0, 0.05) is 17.7 Å². The quantitative estimate of drug-likeness (QED) is 0.0710. The maximum Gasteiger partial charge on any atom is 0.323 e. The SMILES string of the molecule is COc1ccccc1CN(N)/C(=N\N)c1ccccc1-c1ccc(CNC(C(=O)OCc2ccccc2)C(C)C)cc1. The molecule has 5 N–H and O–H groups in total. The second kappa shape index (κ2) is 14.8. The smallest absolute Gasteiger partial charge is 0.323 e. The number of esters is 1. The number of hydrogen-bond acceptors (Lipinski definition) is 7. The van der Waals surface area contributed by atoms with Crippen LogP contribution in [-0.4, -0.2) is 30.0 Å². The summed E-state index contributed by atoms with van der Waals surface area (Å²) in [7, 11) is 1.63. The molecule has 0 aliphatic carbocycles. The first kappa shape index (κ1) is 30.3. The number of amidine groups is 1. The van der Waals surface area contributed by atoms with Gasteiger partial charge in [-0.2, -0.15) is 5.10 Å². The molecule has 0 aliphatic rings. The molecule has 8 nitrogen and oxygen atoms in total. The topological polar surface area (TPSA) is 115 Å². The molecule has 0 aliphatic heterocycles. The number of nitrogens with zero attached hydrogens (tertiary/aromatic N) is 2. The molecule has 4 aromatic carbocycles. The Morgan fingerprint density at radius 3 is 2.24 bits per heavy atom. The molecule has 4 aromatic rings. The Morgan fingerprint density at radius 2 is 1.55 bits per heavy atom. The largest absolute Gasteiger partial charge is 0.496 e. The van der Waals surface area contributed by atoms with Gasteiger partial charge in [-0.15, -0.1) is 0 Å². The van der Waals surface area contributed by atoms with E-state index in [2.05, 4.69) is 10.4 Å². The van der Waals surface area contributed by atoms with E-state index in [4.69, 9.17) is 21.2 Å². The van der Waals surface area contributed by atoms with Crippen molar-refractivity contribution in [3.63, 3.8) is 0 Å². The first-order chi connectivity index (χ1) is 20.4. The van der Waals surface area contributed by atoms with Crippen molar-refractivity contribution in [2.75, 3.05) is 7.11 Å². The summed E-state index contributed by atoms with van der Waals surface area (Å²) in [5.74, 6) is 13.4. The van der Waals surface area contributed by atoms with Crippen LogP contribution in [0, 0.1) is 5.92 Å². The molecule has 42 heavy (non-hydrogen) atoms. The first-order valence-corrected chi connectivity index (χ1v) is 14.0. The Labute approximate surface area is 247 Å². The number of nitrogens with two attached hydrogens (primary N) is 2. The van der Waals surface area contributed by atoms with E-state index in [1.807, 2.05) is 117 Å². The van der Waals surface area contributed by atoms with Crippen LogP contribution >= 0.6 is 0 Å². The van der Waals surface area contributed by atoms with Crippen LogP contribution in [0.25, 0.3) is 11.1 Å². The van der Waals surface area contributed by atoms with Crippen molar-refractivity contribution in [1.29, 1.82) is 0 Å². The summed E-state index contributed by atoms with van der Waals surface area (Å²) in [4.78, 5) is 12.8. The predicted octanol–water partition coefficient (Wildman–Crippen LogP) is 5.22. The number of nitrogens with one attached hydrogen (secondary N) is 1. The number of rotatable bonds is 12. The summed E-state index contributed by atoms with van der Waals surface area (Å²) in [5.41, 5.74) is 5.67. The van der Waals surface area contributed by atoms with Crippen LogP contribution in [0.2, 0.25) is 0 Å². The average Bonchev–Trinajstić information content (AvgIpc) is 3.01. The van der Waals surface area contributed by atoms with Crippen molar-refractivity contribution in [2.45, 2.75) is 39.6 Å². The second-order valence-electron chi connectivity index (χ2n) is 10.3. The number of para-hydroxylation sites is 1. The van der Waals surface area contributed by atoms with Crippen molar-refractivity contribution in [3.05, 3.63) is 125 Å². The highest BCUT2D eigenvalue weighted by molar-refractivity contribution is 6.04. The lowest BCUT2D eigenvalue weighted by atomic mass is 9.97. The first-order valence-electron chi connectivity index (χ1n) is 14.0. The van der Waals surface area contributed by atoms with E-state index in [1.54, 1.807) is 7.11 Å². The van der Waals surface area contributed by atoms with Crippen LogP contribution in [0.15, 0.2) is 108 Å². The van der Waals surface area contributed by atoms with E-state index < -0.39 is 6.04 Å². The predicted molar refractivity (Wildman–Crippen MR) is 167 cm³/mol. The Morgan fingerprint density at radius 1 is 0.881 bits per heavy atom. The number of ether oxygens (including phenoxy) is 2. The third-order valence-electron chi connectivity index (χ3n) is 7.03. The van der Waals surface area contributed by atoms with Gasteiger partial charge in [0.2, 0.25) is 0 Å². The van der Waals surface area contributed by atoms with E-state index in [9.17, 15) is 4.79 Å². The fourth-order valence-corrected chi connectivity index (χ4v) is 4.76. The second-order valence-corrected chi connectivity index (χ2v) is 10.3. The van der Waals surface area contributed by atoms with Crippen LogP contribution in [0.5, 0.6) is 5.75 Å². The monoisotopic (exact) mass is 565 g/mol. The van der Waals surface area contributed by atoms with Gasteiger partial charge in [0.05, 0.1) is 13.7 Å². The molecule has 0 saturated heterocycles. The lowest BCUT2D eigenvalue weighted by molar-refractivity contribution is -0.148. The molecule has 0 fully saturated rings. The number of hydrogen-bond donors (Lipinski definition) is 3. The molecule has 0 heterocycles. The fourth-order valence-electron chi connectivity index (χ4n) is 4.76. The van der Waals surface area contributed by atoms with Crippen molar-refractivity contribution in [2.24, 2.45) is 22.7 Å². The van der Waals surface area contributed by atoms with Crippen molar-refractivity contribution >= 4 is 11.8 Å². The molecule has 1 unspecified atom stereocenters. The molecule has 218 valence electrons. The third-order valence-corrected chi connectivity index (χ3v) is 7.03. The number of carbonyl (C=O) groups is 1. The van der Waals surface area contributed by atoms with Gasteiger partial charge in [0.25, 0.3) is 0 Å². The summed E-state index contributed by atoms with van der Waals surface area (Å²) in [6, 6.07) is 33.0. The van der Waals surface area contributed by atoms with E-state index in [1.165, 1.54) is 5.01 Å². The minimum atomic E-state index is -0.420. The van der Waals surface area contributed by atoms with Crippen molar-refractivity contribution in [1.82, 2.24) is 10.3 Å². The van der Waals surface area contributed by atoms with Gasteiger partial charge in [-0.3, -0.25) is 9.80 Å². The molecule has 0 aromatic heterocycles. The van der Waals surface area contributed by atoms with Gasteiger partial charge >= 0.3 is 5.97 Å². The molecular formula is C34H39N5O3. The summed E-state index contributed by atoms with van der Waals surface area (Å²) in [5, 5.41) is 8.95. The number of methoxy groups -OCH3 is 1. The van der Waals surface area contributed by atoms with Crippen LogP contribution in [0.4, 0.5) is 0 Å². The van der Waals surface area contributed by atoms with Crippen molar-refractivity contribution < 1.29 is 14.3 Å². The standard InChI is InChI=1S/C34H39N5O3/c1-24(2)32(34(40)42-23-26-11-5-4-6-12-26)37-21-25-17-19-27(20-18-25)29-14-8-9-15-30(29)33(38-35)39(36)22-28-13-7-10-16-31(28)41-3/h4-20,24,32,37H,21-23,35-36H2,1-3H3/b38-33-. The van der Waals surface area contributed by atoms with Gasteiger partial charge in [0.15, 0.2) is 5.84 Å². The summed E-state index contributed by atoms with van der Waals surface area (Å²) >= 11 is 0. The molecule has 4 rings (SSSR count). The van der Waals surface area contributed by atoms with Gasteiger partial charge in [-0.05, 0) is 34.2 Å². The number of carbonyl (C=O) groups excluding carboxylic acids is 1. The molecule has 0 amide bonds. The van der Waals surface area contributed by atoms with Gasteiger partial charge < -0.3 is 20.6 Å². The molecule has 0 bridgehead atoms. The van der Waals surface area contributed by atoms with Gasteiger partial charge in [-0.25, -0.2) is 5.84 Å². The zero-order valence-corrected chi connectivity index (χ0v) is 24.4. The van der Waals surface area contributed by atoms with Crippen molar-refractivity contribution in [3.8, 4) is 16.9 Å². The van der Waals surface area contributed by atoms with Crippen LogP contribution < -0.4 is 21.7 Å². The number of benzene rings is 4. The van der Waals surface area contributed by atoms with E-state index in [-0.39, 0.29) is 18.5 Å². The average molecular weight is 566 g/mol. The minimum absolute atomic E-state index is 0.0726. The molecule has 0 saturated carbocycles. The molecule has 8 heteroatoms. The highest BCUT2D eigenvalue weighted by Gasteiger charge is 2.23. The summed E-state index contributed by atoms with van der Waals surface area (Å²) < 4.78 is 11.1. The van der Waals surface area contributed by atoms with Gasteiger partial charge in [-0.1, -0.05) is 111 Å². The maximum atomic E-state index is 12.8. The summed E-state index contributed by atoms with van der Waals surface area (Å²) in [6.45, 7) is 5.16. The van der Waals surface area contributed by atoms with E-state index in [0.29, 0.717) is 18.9 Å². The summed E-state index contributed by atoms with van der Waals surface area (Å²) in [6.07, 6.45) is 0. The lowest BCUT2D eigenvalue weighted by Crippen LogP contribution is -2.41. The van der Waals surface area contributed by atoms with Crippen LogP contribution in [0.3, 0.4) is 0 Å². The highest BCUT2D eigenvalue weighted by atomic mass is 16.5. The Hall–Kier alpha value is -4.66. The highest BCUT2D eigenvalue weighted by Crippen LogP contribution is 2.26. The van der Waals surface area contributed by atoms with E-state index >= 15 is 0 Å². The maximum absolute atomic E-state index is 12.8. The Kier molecular flexibility index (Phi) is 10.7. The zero-order valence-electron chi connectivity index (χ0n) is 24.4. The molecular weight excluding hydrogens is 526 g/mol. The van der Waals surface area contributed by atoms with Crippen LogP contribution in [-0.2, 0) is 29.2 Å². The van der Waals surface area contributed by atoms with Crippen LogP contribution in [0.1, 0.15) is 36.1 Å². The Bertz CT molecular complexity index is 1470. The number of hydrazine groups is 1. The molecule has 0 radical (unpaired) electrons. The molecule has 1 atom stereocenters. The normalized spacial score (nSPS) is 12.2. The molecule has 0 spiro atoms. The third kappa shape index (κ3) is 7.75. The fraction of sp³-hybridized carbons (Fsp3) is 0.235. The van der Waals surface area contributed by atoms with Gasteiger partial charge in [0.1, 0.15) is 18.4 Å². The minimum Gasteiger partial charge on any atom is -0.496 e. The lowest BCUT2D eigenvalue weighted by Gasteiger charge is -2.23. The zero-order chi connectivity index (χ0) is 29.9.